The molecule has 7 nitrogen and oxygen atoms in total. The summed E-state index contributed by atoms with van der Waals surface area (Å²) in [6.45, 7) is 5.90. The van der Waals surface area contributed by atoms with Crippen LogP contribution in [0.15, 0.2) is 30.7 Å². The molecule has 2 aromatic rings. The van der Waals surface area contributed by atoms with Gasteiger partial charge in [0.15, 0.2) is 5.82 Å². The lowest BCUT2D eigenvalue weighted by molar-refractivity contribution is 0.0744. The number of carbonyl (C=O) groups excluding carboxylic acids is 1. The molecular weight excluding hydrogens is 318 g/mol. The van der Waals surface area contributed by atoms with Crippen molar-refractivity contribution in [3.63, 3.8) is 0 Å². The van der Waals surface area contributed by atoms with Crippen molar-refractivity contribution in [3.05, 3.63) is 42.0 Å². The highest BCUT2D eigenvalue weighted by atomic mass is 16.5. The first kappa shape index (κ1) is 17.1. The van der Waals surface area contributed by atoms with Gasteiger partial charge in [-0.1, -0.05) is 0 Å². The number of hydrogen-bond donors (Lipinski definition) is 0. The number of amides is 1. The summed E-state index contributed by atoms with van der Waals surface area (Å²) in [5.74, 6) is 1.27. The molecule has 0 aromatic carbocycles. The molecule has 0 radical (unpaired) electrons. The van der Waals surface area contributed by atoms with E-state index in [2.05, 4.69) is 19.9 Å². The quantitative estimate of drug-likeness (QED) is 0.827. The first-order valence-electron chi connectivity index (χ1n) is 8.48. The van der Waals surface area contributed by atoms with Crippen LogP contribution in [-0.4, -0.2) is 58.5 Å². The van der Waals surface area contributed by atoms with Gasteiger partial charge in [-0.3, -0.25) is 9.78 Å². The minimum atomic E-state index is -0.0106. The van der Waals surface area contributed by atoms with Gasteiger partial charge in [-0.2, -0.15) is 0 Å². The summed E-state index contributed by atoms with van der Waals surface area (Å²) in [4.78, 5) is 29.5. The maximum atomic E-state index is 12.7. The van der Waals surface area contributed by atoms with Crippen LogP contribution < -0.4 is 9.64 Å². The van der Waals surface area contributed by atoms with E-state index >= 15 is 0 Å². The second-order valence-electron chi connectivity index (χ2n) is 6.11. The molecule has 3 rings (SSSR count). The van der Waals surface area contributed by atoms with Crippen LogP contribution in [0.5, 0.6) is 5.88 Å². The van der Waals surface area contributed by atoms with Crippen LogP contribution >= 0.6 is 0 Å². The zero-order valence-electron chi connectivity index (χ0n) is 14.8. The minimum absolute atomic E-state index is 0.0106. The largest absolute Gasteiger partial charge is 0.475 e. The molecule has 1 atom stereocenters. The minimum Gasteiger partial charge on any atom is -0.475 e. The molecule has 2 aromatic heterocycles. The SMILES string of the molecule is CCOc1nccnc1N1CC[C@H](N(C)C(=O)c2ccc(C)nc2)C1. The molecule has 0 unspecified atom stereocenters. The summed E-state index contributed by atoms with van der Waals surface area (Å²) in [6.07, 6.45) is 5.81. The van der Waals surface area contributed by atoms with Crippen LogP contribution in [0.4, 0.5) is 5.82 Å². The molecule has 1 amide bonds. The maximum Gasteiger partial charge on any atom is 0.257 e. The summed E-state index contributed by atoms with van der Waals surface area (Å²) in [6, 6.07) is 3.80. The Morgan fingerprint density at radius 2 is 2.12 bits per heavy atom. The highest BCUT2D eigenvalue weighted by Crippen LogP contribution is 2.27. The van der Waals surface area contributed by atoms with Crippen LogP contribution in [-0.2, 0) is 0 Å². The standard InChI is InChI=1S/C18H23N5O2/c1-4-25-17-16(19-8-9-20-17)23-10-7-15(12-23)22(3)18(24)14-6-5-13(2)21-11-14/h5-6,8-9,11,15H,4,7,10,12H2,1-3H3/t15-/m0/s1. The average molecular weight is 341 g/mol. The third-order valence-corrected chi connectivity index (χ3v) is 4.42. The van der Waals surface area contributed by atoms with Crippen LogP contribution in [0, 0.1) is 6.92 Å². The Bertz CT molecular complexity index is 735. The summed E-state index contributed by atoms with van der Waals surface area (Å²) in [5.41, 5.74) is 1.51. The monoisotopic (exact) mass is 341 g/mol. The van der Waals surface area contributed by atoms with Crippen molar-refractivity contribution in [2.24, 2.45) is 0 Å². The average Bonchev–Trinajstić information content (AvgIpc) is 3.12. The highest BCUT2D eigenvalue weighted by molar-refractivity contribution is 5.94. The Kier molecular flexibility index (Phi) is 5.11. The predicted octanol–water partition coefficient (Wildman–Crippen LogP) is 1.93. The fourth-order valence-electron chi connectivity index (χ4n) is 2.99. The fraction of sp³-hybridized carbons (Fsp3) is 0.444. The molecule has 0 aliphatic carbocycles. The molecule has 132 valence electrons. The number of ether oxygens (including phenoxy) is 1. The predicted molar refractivity (Wildman–Crippen MR) is 94.9 cm³/mol. The zero-order valence-corrected chi connectivity index (χ0v) is 14.8. The summed E-state index contributed by atoms with van der Waals surface area (Å²) < 4.78 is 5.57. The molecule has 1 aliphatic heterocycles. The number of pyridine rings is 1. The van der Waals surface area contributed by atoms with Gasteiger partial charge in [0.05, 0.1) is 18.2 Å². The van der Waals surface area contributed by atoms with Gasteiger partial charge in [-0.15, -0.1) is 0 Å². The van der Waals surface area contributed by atoms with Gasteiger partial charge in [0.1, 0.15) is 0 Å². The molecule has 1 saturated heterocycles. The lowest BCUT2D eigenvalue weighted by atomic mass is 10.2. The number of likely N-dealkylation sites (N-methyl/N-ethyl adjacent to an activating group) is 1. The molecule has 1 aliphatic rings. The van der Waals surface area contributed by atoms with E-state index in [0.29, 0.717) is 24.6 Å². The van der Waals surface area contributed by atoms with E-state index in [-0.39, 0.29) is 11.9 Å². The first-order valence-corrected chi connectivity index (χ1v) is 8.48. The highest BCUT2D eigenvalue weighted by Gasteiger charge is 2.31. The zero-order chi connectivity index (χ0) is 17.8. The van der Waals surface area contributed by atoms with Crippen molar-refractivity contribution in [3.8, 4) is 5.88 Å². The molecule has 25 heavy (non-hydrogen) atoms. The molecule has 1 fully saturated rings. The van der Waals surface area contributed by atoms with E-state index in [9.17, 15) is 4.79 Å². The smallest absolute Gasteiger partial charge is 0.257 e. The summed E-state index contributed by atoms with van der Waals surface area (Å²) in [5, 5.41) is 0. The van der Waals surface area contributed by atoms with Crippen molar-refractivity contribution in [2.45, 2.75) is 26.3 Å². The Balaban J connectivity index is 1.70. The number of anilines is 1. The van der Waals surface area contributed by atoms with E-state index in [0.717, 1.165) is 24.5 Å². The summed E-state index contributed by atoms with van der Waals surface area (Å²) >= 11 is 0. The Morgan fingerprint density at radius 3 is 2.84 bits per heavy atom. The lowest BCUT2D eigenvalue weighted by Crippen LogP contribution is -2.39. The van der Waals surface area contributed by atoms with Gasteiger partial charge in [-0.25, -0.2) is 9.97 Å². The van der Waals surface area contributed by atoms with Crippen molar-refractivity contribution in [1.82, 2.24) is 19.9 Å². The fourth-order valence-corrected chi connectivity index (χ4v) is 2.99. The van der Waals surface area contributed by atoms with Crippen molar-refractivity contribution in [2.75, 3.05) is 31.6 Å². The third kappa shape index (κ3) is 3.70. The van der Waals surface area contributed by atoms with Gasteiger partial charge in [-0.05, 0) is 32.4 Å². The first-order chi connectivity index (χ1) is 12.1. The number of nitrogens with zero attached hydrogens (tertiary/aromatic N) is 5. The molecule has 3 heterocycles. The molecule has 7 heteroatoms. The van der Waals surface area contributed by atoms with E-state index in [4.69, 9.17) is 4.74 Å². The van der Waals surface area contributed by atoms with Crippen molar-refractivity contribution >= 4 is 11.7 Å². The van der Waals surface area contributed by atoms with Gasteiger partial charge in [0, 0.05) is 44.4 Å². The topological polar surface area (TPSA) is 71.5 Å². The van der Waals surface area contributed by atoms with Crippen LogP contribution in [0.2, 0.25) is 0 Å². The van der Waals surface area contributed by atoms with Crippen molar-refractivity contribution < 1.29 is 9.53 Å². The molecule has 0 bridgehead atoms. The molecule has 0 spiro atoms. The number of aryl methyl sites for hydroxylation is 1. The second kappa shape index (κ2) is 7.46. The van der Waals surface area contributed by atoms with Gasteiger partial charge >= 0.3 is 0 Å². The van der Waals surface area contributed by atoms with Crippen LogP contribution in [0.3, 0.4) is 0 Å². The number of aromatic nitrogens is 3. The Hall–Kier alpha value is -2.70. The van der Waals surface area contributed by atoms with Gasteiger partial charge < -0.3 is 14.5 Å². The van der Waals surface area contributed by atoms with Gasteiger partial charge in [0.25, 0.3) is 11.8 Å². The Morgan fingerprint density at radius 1 is 1.32 bits per heavy atom. The summed E-state index contributed by atoms with van der Waals surface area (Å²) in [7, 11) is 1.84. The third-order valence-electron chi connectivity index (χ3n) is 4.42. The Labute approximate surface area is 147 Å². The van der Waals surface area contributed by atoms with E-state index in [1.165, 1.54) is 0 Å². The molecular formula is C18H23N5O2. The van der Waals surface area contributed by atoms with E-state index in [1.54, 1.807) is 23.5 Å². The number of hydrogen-bond acceptors (Lipinski definition) is 6. The van der Waals surface area contributed by atoms with Gasteiger partial charge in [0.2, 0.25) is 0 Å². The van der Waals surface area contributed by atoms with E-state index < -0.39 is 0 Å². The number of carbonyl (C=O) groups is 1. The van der Waals surface area contributed by atoms with Crippen LogP contribution in [0.1, 0.15) is 29.4 Å². The van der Waals surface area contributed by atoms with Crippen LogP contribution in [0.25, 0.3) is 0 Å². The lowest BCUT2D eigenvalue weighted by Gasteiger charge is -2.25. The maximum absolute atomic E-state index is 12.7. The molecule has 0 saturated carbocycles. The van der Waals surface area contributed by atoms with E-state index in [1.807, 2.05) is 33.0 Å². The molecule has 0 N–H and O–H groups in total. The number of rotatable bonds is 5. The van der Waals surface area contributed by atoms with Crippen molar-refractivity contribution in [1.29, 1.82) is 0 Å². The normalized spacial score (nSPS) is 16.8. The second-order valence-corrected chi connectivity index (χ2v) is 6.11.